The molecule has 1 amide bonds. The topological polar surface area (TPSA) is 105 Å². The Hall–Kier alpha value is -3.15. The van der Waals surface area contributed by atoms with Gasteiger partial charge in [0.2, 0.25) is 6.41 Å². The molecule has 0 heterocycles. The van der Waals surface area contributed by atoms with Gasteiger partial charge in [-0.25, -0.2) is 0 Å². The van der Waals surface area contributed by atoms with Gasteiger partial charge in [0.15, 0.2) is 6.73 Å². The van der Waals surface area contributed by atoms with Gasteiger partial charge < -0.3 is 15.8 Å². The average Bonchev–Trinajstić information content (AvgIpc) is 2.66. The molecule has 0 aromatic heterocycles. The van der Waals surface area contributed by atoms with Crippen LogP contribution in [0.25, 0.3) is 11.1 Å². The van der Waals surface area contributed by atoms with E-state index in [0.717, 1.165) is 28.7 Å². The predicted octanol–water partition coefficient (Wildman–Crippen LogP) is 2.38. The molecule has 0 aliphatic rings. The average molecular weight is 353 g/mol. The highest BCUT2D eigenvalue weighted by Crippen LogP contribution is 2.24. The van der Waals surface area contributed by atoms with Gasteiger partial charge in [0.25, 0.3) is 0 Å². The lowest BCUT2D eigenvalue weighted by atomic mass is 9.94. The van der Waals surface area contributed by atoms with E-state index < -0.39 is 0 Å². The Morgan fingerprint density at radius 1 is 1.19 bits per heavy atom. The summed E-state index contributed by atoms with van der Waals surface area (Å²) in [5, 5.41) is 9.86. The summed E-state index contributed by atoms with van der Waals surface area (Å²) in [7, 11) is 0. The molecule has 0 atom stereocenters. The normalized spacial score (nSPS) is 10.2. The molecular weight excluding hydrogens is 330 g/mol. The number of rotatable bonds is 9. The van der Waals surface area contributed by atoms with Gasteiger partial charge in [0, 0.05) is 12.0 Å². The molecule has 0 bridgehead atoms. The van der Waals surface area contributed by atoms with E-state index in [1.54, 1.807) is 0 Å². The highest BCUT2D eigenvalue weighted by molar-refractivity contribution is 5.96. The van der Waals surface area contributed by atoms with Crippen molar-refractivity contribution >= 4 is 18.2 Å². The number of benzene rings is 2. The molecule has 0 spiro atoms. The van der Waals surface area contributed by atoms with Crippen molar-refractivity contribution in [2.24, 2.45) is 5.73 Å². The van der Waals surface area contributed by atoms with Crippen LogP contribution in [0.3, 0.4) is 0 Å². The molecule has 6 heteroatoms. The van der Waals surface area contributed by atoms with Crippen LogP contribution in [0.2, 0.25) is 0 Å². The minimum absolute atomic E-state index is 0.0433. The summed E-state index contributed by atoms with van der Waals surface area (Å²) in [4.78, 5) is 21.8. The standard InChI is InChI=1S/C20H23N3O3/c1-2-14-10-17(16-4-3-5-18(11-16)20(21)22)7-6-15(14)8-9-19(25)26-13-23-12-24/h3-7,10-12H,2,8-9,13H2,1H3,(H3,21,22)(H,23,24). The van der Waals surface area contributed by atoms with Crippen molar-refractivity contribution in [2.75, 3.05) is 6.73 Å². The number of nitrogens with two attached hydrogens (primary N) is 1. The van der Waals surface area contributed by atoms with Crippen molar-refractivity contribution in [2.45, 2.75) is 26.2 Å². The molecule has 0 unspecified atom stereocenters. The first-order valence-electron chi connectivity index (χ1n) is 8.44. The van der Waals surface area contributed by atoms with Crippen LogP contribution in [0, 0.1) is 5.41 Å². The fourth-order valence-electron chi connectivity index (χ4n) is 2.71. The highest BCUT2D eigenvalue weighted by Gasteiger charge is 2.09. The first-order valence-corrected chi connectivity index (χ1v) is 8.44. The Labute approximate surface area is 152 Å². The molecule has 0 radical (unpaired) electrons. The van der Waals surface area contributed by atoms with Crippen molar-refractivity contribution in [3.05, 3.63) is 59.2 Å². The molecule has 4 N–H and O–H groups in total. The van der Waals surface area contributed by atoms with Crippen LogP contribution in [0.4, 0.5) is 0 Å². The molecule has 2 aromatic carbocycles. The molecule has 2 rings (SSSR count). The zero-order chi connectivity index (χ0) is 18.9. The summed E-state index contributed by atoms with van der Waals surface area (Å²) in [5.74, 6) is -0.304. The van der Waals surface area contributed by atoms with E-state index in [0.29, 0.717) is 18.4 Å². The molecule has 0 saturated carbocycles. The van der Waals surface area contributed by atoms with Crippen molar-refractivity contribution in [3.8, 4) is 11.1 Å². The molecule has 2 aromatic rings. The zero-order valence-electron chi connectivity index (χ0n) is 14.7. The maximum absolute atomic E-state index is 11.7. The smallest absolute Gasteiger partial charge is 0.307 e. The van der Waals surface area contributed by atoms with Crippen LogP contribution in [0.1, 0.15) is 30.0 Å². The third kappa shape index (κ3) is 5.17. The maximum atomic E-state index is 11.7. The minimum Gasteiger partial charge on any atom is -0.444 e. The number of nitrogen functional groups attached to an aromatic ring is 1. The van der Waals surface area contributed by atoms with Gasteiger partial charge in [-0.15, -0.1) is 0 Å². The van der Waals surface area contributed by atoms with Crippen molar-refractivity contribution in [3.63, 3.8) is 0 Å². The number of ether oxygens (including phenoxy) is 1. The van der Waals surface area contributed by atoms with Gasteiger partial charge in [-0.1, -0.05) is 43.3 Å². The van der Waals surface area contributed by atoms with E-state index in [4.69, 9.17) is 15.9 Å². The molecule has 6 nitrogen and oxygen atoms in total. The molecule has 0 saturated heterocycles. The van der Waals surface area contributed by atoms with E-state index in [1.807, 2.05) is 36.4 Å². The lowest BCUT2D eigenvalue weighted by Gasteiger charge is -2.11. The van der Waals surface area contributed by atoms with Crippen molar-refractivity contribution < 1.29 is 14.3 Å². The SMILES string of the molecule is CCc1cc(-c2cccc(C(=N)N)c2)ccc1CCC(=O)OCNC=O. The first kappa shape index (κ1) is 19.2. The Kier molecular flexibility index (Phi) is 6.91. The second-order valence-corrected chi connectivity index (χ2v) is 5.81. The van der Waals surface area contributed by atoms with E-state index in [9.17, 15) is 9.59 Å². The summed E-state index contributed by atoms with van der Waals surface area (Å²) in [6.07, 6.45) is 2.17. The van der Waals surface area contributed by atoms with Gasteiger partial charge in [-0.3, -0.25) is 15.0 Å². The number of carbonyl (C=O) groups excluding carboxylic acids is 2. The lowest BCUT2D eigenvalue weighted by Crippen LogP contribution is -2.19. The summed E-state index contributed by atoms with van der Waals surface area (Å²) in [6, 6.07) is 13.7. The van der Waals surface area contributed by atoms with Crippen LogP contribution in [-0.4, -0.2) is 24.9 Å². The largest absolute Gasteiger partial charge is 0.444 e. The van der Waals surface area contributed by atoms with Crippen LogP contribution >= 0.6 is 0 Å². The van der Waals surface area contributed by atoms with Crippen LogP contribution in [0.15, 0.2) is 42.5 Å². The van der Waals surface area contributed by atoms with E-state index in [2.05, 4.69) is 18.3 Å². The van der Waals surface area contributed by atoms with Crippen LogP contribution in [0.5, 0.6) is 0 Å². The van der Waals surface area contributed by atoms with E-state index in [-0.39, 0.29) is 25.0 Å². The molecule has 136 valence electrons. The van der Waals surface area contributed by atoms with Crippen LogP contribution in [-0.2, 0) is 27.2 Å². The number of hydrogen-bond acceptors (Lipinski definition) is 4. The number of aryl methyl sites for hydroxylation is 2. The number of hydrogen-bond donors (Lipinski definition) is 3. The number of amides is 1. The lowest BCUT2D eigenvalue weighted by molar-refractivity contribution is -0.144. The Morgan fingerprint density at radius 3 is 2.65 bits per heavy atom. The third-order valence-electron chi connectivity index (χ3n) is 4.09. The first-order chi connectivity index (χ1) is 12.5. The monoisotopic (exact) mass is 353 g/mol. The highest BCUT2D eigenvalue weighted by atomic mass is 16.5. The van der Waals surface area contributed by atoms with Crippen molar-refractivity contribution in [1.29, 1.82) is 5.41 Å². The summed E-state index contributed by atoms with van der Waals surface area (Å²) in [5.41, 5.74) is 10.6. The van der Waals surface area contributed by atoms with Crippen LogP contribution < -0.4 is 11.1 Å². The molecule has 0 aliphatic carbocycles. The molecule has 0 aliphatic heterocycles. The Bertz CT molecular complexity index is 803. The van der Waals surface area contributed by atoms with E-state index >= 15 is 0 Å². The molecular formula is C20H23N3O3. The molecule has 26 heavy (non-hydrogen) atoms. The predicted molar refractivity (Wildman–Crippen MR) is 101 cm³/mol. The third-order valence-corrected chi connectivity index (χ3v) is 4.09. The summed E-state index contributed by atoms with van der Waals surface area (Å²) in [6.45, 7) is 1.97. The van der Waals surface area contributed by atoms with Gasteiger partial charge in [-0.05, 0) is 41.2 Å². The number of esters is 1. The second kappa shape index (κ2) is 9.36. The number of amidine groups is 1. The van der Waals surface area contributed by atoms with Gasteiger partial charge in [0.05, 0.1) is 0 Å². The minimum atomic E-state index is -0.348. The zero-order valence-corrected chi connectivity index (χ0v) is 14.7. The van der Waals surface area contributed by atoms with Gasteiger partial charge in [0.1, 0.15) is 5.84 Å². The van der Waals surface area contributed by atoms with Gasteiger partial charge >= 0.3 is 5.97 Å². The second-order valence-electron chi connectivity index (χ2n) is 5.81. The van der Waals surface area contributed by atoms with Gasteiger partial charge in [-0.2, -0.15) is 0 Å². The molecule has 0 fully saturated rings. The van der Waals surface area contributed by atoms with Crippen molar-refractivity contribution in [1.82, 2.24) is 5.32 Å². The fraction of sp³-hybridized carbons (Fsp3) is 0.250. The summed E-state index contributed by atoms with van der Waals surface area (Å²) >= 11 is 0. The number of carbonyl (C=O) groups is 2. The fourth-order valence-corrected chi connectivity index (χ4v) is 2.71. The quantitative estimate of drug-likeness (QED) is 0.161. The Morgan fingerprint density at radius 2 is 1.96 bits per heavy atom. The van der Waals surface area contributed by atoms with E-state index in [1.165, 1.54) is 0 Å². The summed E-state index contributed by atoms with van der Waals surface area (Å²) < 4.78 is 4.89. The Balaban J connectivity index is 2.12. The maximum Gasteiger partial charge on any atom is 0.307 e. The number of nitrogens with one attached hydrogen (secondary N) is 2.